The van der Waals surface area contributed by atoms with Gasteiger partial charge in [0.05, 0.1) is 7.11 Å². The number of rotatable bonds is 5. The van der Waals surface area contributed by atoms with Gasteiger partial charge in [-0.2, -0.15) is 0 Å². The Morgan fingerprint density at radius 1 is 1.19 bits per heavy atom. The fourth-order valence-corrected chi connectivity index (χ4v) is 3.55. The van der Waals surface area contributed by atoms with Crippen molar-refractivity contribution in [2.75, 3.05) is 19.0 Å². The van der Waals surface area contributed by atoms with Crippen molar-refractivity contribution in [1.82, 2.24) is 4.90 Å². The number of nitrogens with zero attached hydrogens (tertiary/aromatic N) is 1. The number of anilines is 1. The summed E-state index contributed by atoms with van der Waals surface area (Å²) < 4.78 is 5.23. The molecule has 1 aliphatic carbocycles. The van der Waals surface area contributed by atoms with E-state index in [4.69, 9.17) is 4.74 Å². The van der Waals surface area contributed by atoms with Gasteiger partial charge < -0.3 is 15.0 Å². The molecule has 0 unspecified atom stereocenters. The van der Waals surface area contributed by atoms with Crippen molar-refractivity contribution in [2.45, 2.75) is 38.3 Å². The summed E-state index contributed by atoms with van der Waals surface area (Å²) in [5.74, 6) is 1.01. The first-order chi connectivity index (χ1) is 12.3. The Morgan fingerprint density at radius 2 is 1.96 bits per heavy atom. The summed E-state index contributed by atoms with van der Waals surface area (Å²) in [6.07, 6.45) is 4.27. The van der Waals surface area contributed by atoms with Gasteiger partial charge in [0, 0.05) is 30.4 Å². The van der Waals surface area contributed by atoms with Crippen molar-refractivity contribution in [3.8, 4) is 5.75 Å². The van der Waals surface area contributed by atoms with Crippen LogP contribution in [0.25, 0.3) is 0 Å². The van der Waals surface area contributed by atoms with Gasteiger partial charge in [-0.05, 0) is 61.1 Å². The Morgan fingerprint density at radius 3 is 2.65 bits per heavy atom. The minimum absolute atomic E-state index is 0. The summed E-state index contributed by atoms with van der Waals surface area (Å²) >= 11 is 0. The quantitative estimate of drug-likeness (QED) is 0.851. The third-order valence-corrected chi connectivity index (χ3v) is 5.09. The van der Waals surface area contributed by atoms with E-state index in [-0.39, 0.29) is 18.3 Å². The van der Waals surface area contributed by atoms with Crippen molar-refractivity contribution >= 4 is 24.0 Å². The summed E-state index contributed by atoms with van der Waals surface area (Å²) in [5.41, 5.74) is 4.31. The second kappa shape index (κ2) is 8.00. The van der Waals surface area contributed by atoms with E-state index in [9.17, 15) is 4.79 Å². The lowest BCUT2D eigenvalue weighted by molar-refractivity contribution is 0.0728. The number of ether oxygens (including phenoxy) is 1. The number of nitrogens with one attached hydrogen (secondary N) is 1. The van der Waals surface area contributed by atoms with Crippen LogP contribution in [0.1, 0.15) is 40.7 Å². The molecule has 2 aromatic rings. The van der Waals surface area contributed by atoms with Gasteiger partial charge >= 0.3 is 0 Å². The van der Waals surface area contributed by atoms with E-state index in [0.717, 1.165) is 54.8 Å². The molecule has 1 saturated carbocycles. The molecule has 0 atom stereocenters. The summed E-state index contributed by atoms with van der Waals surface area (Å²) in [7, 11) is 1.67. The Balaban J connectivity index is 0.00000196. The van der Waals surface area contributed by atoms with E-state index in [1.807, 2.05) is 41.3 Å². The molecule has 4 rings (SSSR count). The highest BCUT2D eigenvalue weighted by atomic mass is 35.5. The highest BCUT2D eigenvalue weighted by Gasteiger charge is 2.34. The molecule has 1 N–H and O–H groups in total. The lowest BCUT2D eigenvalue weighted by Gasteiger charge is -2.26. The van der Waals surface area contributed by atoms with E-state index >= 15 is 0 Å². The molecule has 0 aromatic heterocycles. The highest BCUT2D eigenvalue weighted by molar-refractivity contribution is 5.97. The average Bonchev–Trinajstić information content (AvgIpc) is 3.50. The van der Waals surface area contributed by atoms with Crippen molar-refractivity contribution in [2.24, 2.45) is 0 Å². The zero-order valence-electron chi connectivity index (χ0n) is 15.0. The Bertz CT molecular complexity index is 772. The lowest BCUT2D eigenvalue weighted by atomic mass is 9.96. The SMILES string of the molecule is COc1ccc(CN(C(=O)c2cccc3c2CCCN3)C2CC2)cc1.Cl. The molecule has 4 nitrogen and oxygen atoms in total. The van der Waals surface area contributed by atoms with Crippen LogP contribution in [-0.2, 0) is 13.0 Å². The van der Waals surface area contributed by atoms with E-state index < -0.39 is 0 Å². The van der Waals surface area contributed by atoms with Gasteiger partial charge in [-0.3, -0.25) is 4.79 Å². The monoisotopic (exact) mass is 372 g/mol. The number of halogens is 1. The molecule has 1 fully saturated rings. The lowest BCUT2D eigenvalue weighted by Crippen LogP contribution is -2.33. The maximum absolute atomic E-state index is 13.3. The van der Waals surface area contributed by atoms with E-state index in [2.05, 4.69) is 11.4 Å². The van der Waals surface area contributed by atoms with Crippen molar-refractivity contribution in [3.05, 3.63) is 59.2 Å². The molecule has 2 aromatic carbocycles. The maximum Gasteiger partial charge on any atom is 0.254 e. The Hall–Kier alpha value is -2.20. The number of hydrogen-bond donors (Lipinski definition) is 1. The molecule has 138 valence electrons. The Kier molecular flexibility index (Phi) is 5.72. The number of fused-ring (bicyclic) bond motifs is 1. The fourth-order valence-electron chi connectivity index (χ4n) is 3.55. The second-order valence-electron chi connectivity index (χ2n) is 6.87. The summed E-state index contributed by atoms with van der Waals surface area (Å²) in [5, 5.41) is 3.42. The van der Waals surface area contributed by atoms with Crippen LogP contribution in [0.5, 0.6) is 5.75 Å². The van der Waals surface area contributed by atoms with Crippen LogP contribution in [0.2, 0.25) is 0 Å². The largest absolute Gasteiger partial charge is 0.497 e. The van der Waals surface area contributed by atoms with E-state index in [1.165, 1.54) is 5.56 Å². The molecule has 26 heavy (non-hydrogen) atoms. The minimum atomic E-state index is 0. The zero-order valence-corrected chi connectivity index (χ0v) is 15.8. The van der Waals surface area contributed by atoms with Crippen LogP contribution in [0.4, 0.5) is 5.69 Å². The number of benzene rings is 2. The normalized spacial score (nSPS) is 15.3. The summed E-state index contributed by atoms with van der Waals surface area (Å²) in [6, 6.07) is 14.4. The number of methoxy groups -OCH3 is 1. The van der Waals surface area contributed by atoms with Crippen molar-refractivity contribution in [1.29, 1.82) is 0 Å². The van der Waals surface area contributed by atoms with Gasteiger partial charge in [-0.1, -0.05) is 18.2 Å². The molecule has 0 spiro atoms. The third-order valence-electron chi connectivity index (χ3n) is 5.09. The standard InChI is InChI=1S/C21H24N2O2.ClH/c1-25-17-11-7-15(8-12-17)14-23(16-9-10-16)21(24)19-4-2-6-20-18(19)5-3-13-22-20;/h2,4,6-8,11-12,16,22H,3,5,9-10,13-14H2,1H3;1H. The molecule has 1 aliphatic heterocycles. The average molecular weight is 373 g/mol. The molecule has 1 heterocycles. The minimum Gasteiger partial charge on any atom is -0.497 e. The summed E-state index contributed by atoms with van der Waals surface area (Å²) in [4.78, 5) is 15.3. The first-order valence-corrected chi connectivity index (χ1v) is 9.06. The second-order valence-corrected chi connectivity index (χ2v) is 6.87. The van der Waals surface area contributed by atoms with Crippen LogP contribution in [0.15, 0.2) is 42.5 Å². The number of carbonyl (C=O) groups excluding carboxylic acids is 1. The van der Waals surface area contributed by atoms with Crippen LogP contribution >= 0.6 is 12.4 Å². The maximum atomic E-state index is 13.3. The predicted octanol–water partition coefficient (Wildman–Crippen LogP) is 4.28. The number of hydrogen-bond acceptors (Lipinski definition) is 3. The van der Waals surface area contributed by atoms with E-state index in [1.54, 1.807) is 7.11 Å². The molecular weight excluding hydrogens is 348 g/mol. The van der Waals surface area contributed by atoms with Crippen molar-refractivity contribution in [3.63, 3.8) is 0 Å². The molecule has 1 amide bonds. The molecule has 0 saturated heterocycles. The van der Waals surface area contributed by atoms with Gasteiger partial charge in [-0.15, -0.1) is 12.4 Å². The Labute approximate surface area is 160 Å². The van der Waals surface area contributed by atoms with E-state index in [0.29, 0.717) is 12.6 Å². The van der Waals surface area contributed by atoms with Crippen LogP contribution in [0, 0.1) is 0 Å². The topological polar surface area (TPSA) is 41.6 Å². The first kappa shape index (κ1) is 18.6. The van der Waals surface area contributed by atoms with Gasteiger partial charge in [0.25, 0.3) is 5.91 Å². The van der Waals surface area contributed by atoms with Gasteiger partial charge in [0.15, 0.2) is 0 Å². The third kappa shape index (κ3) is 3.80. The van der Waals surface area contributed by atoms with Crippen LogP contribution < -0.4 is 10.1 Å². The van der Waals surface area contributed by atoms with Gasteiger partial charge in [0.2, 0.25) is 0 Å². The number of carbonyl (C=O) groups is 1. The predicted molar refractivity (Wildman–Crippen MR) is 106 cm³/mol. The van der Waals surface area contributed by atoms with Crippen molar-refractivity contribution < 1.29 is 9.53 Å². The van der Waals surface area contributed by atoms with Crippen LogP contribution in [0.3, 0.4) is 0 Å². The smallest absolute Gasteiger partial charge is 0.254 e. The molecule has 5 heteroatoms. The first-order valence-electron chi connectivity index (χ1n) is 9.06. The van der Waals surface area contributed by atoms with Gasteiger partial charge in [0.1, 0.15) is 5.75 Å². The zero-order chi connectivity index (χ0) is 17.2. The molecule has 0 bridgehead atoms. The number of amides is 1. The highest BCUT2D eigenvalue weighted by Crippen LogP contribution is 2.33. The van der Waals surface area contributed by atoms with Gasteiger partial charge in [-0.25, -0.2) is 0 Å². The summed E-state index contributed by atoms with van der Waals surface area (Å²) in [6.45, 7) is 1.65. The fraction of sp³-hybridized carbons (Fsp3) is 0.381. The van der Waals surface area contributed by atoms with Crippen LogP contribution in [-0.4, -0.2) is 30.5 Å². The molecule has 2 aliphatic rings. The molecule has 0 radical (unpaired) electrons. The molecular formula is C21H25ClN2O2.